The van der Waals surface area contributed by atoms with E-state index in [0.29, 0.717) is 16.5 Å². The van der Waals surface area contributed by atoms with Gasteiger partial charge in [0, 0.05) is 53.5 Å². The number of imidazole rings is 1. The lowest BCUT2D eigenvalue weighted by Gasteiger charge is -2.28. The number of nitrogens with one attached hydrogen (secondary N) is 2. The molecule has 2 N–H and O–H groups in total. The van der Waals surface area contributed by atoms with Gasteiger partial charge in [0.2, 0.25) is 5.95 Å². The maximum atomic E-state index is 12.6. The number of hydrogen-bond acceptors (Lipinski definition) is 9. The summed E-state index contributed by atoms with van der Waals surface area (Å²) in [5, 5.41) is 10.2. The highest BCUT2D eigenvalue weighted by Crippen LogP contribution is 2.35. The van der Waals surface area contributed by atoms with Crippen molar-refractivity contribution in [2.75, 3.05) is 41.8 Å². The van der Waals surface area contributed by atoms with Crippen LogP contribution in [0.4, 0.5) is 23.0 Å². The molecule has 1 aliphatic rings. The first-order valence-electron chi connectivity index (χ1n) is 13.2. The zero-order valence-corrected chi connectivity index (χ0v) is 23.5. The third kappa shape index (κ3) is 5.30. The number of benzene rings is 2. The van der Waals surface area contributed by atoms with E-state index in [1.165, 1.54) is 17.0 Å². The van der Waals surface area contributed by atoms with E-state index in [0.717, 1.165) is 59.6 Å². The molecule has 6 aromatic rings. The number of amides is 1. The van der Waals surface area contributed by atoms with E-state index in [1.54, 1.807) is 17.5 Å². The van der Waals surface area contributed by atoms with Crippen molar-refractivity contribution in [1.82, 2.24) is 19.4 Å². The minimum atomic E-state index is -0.132. The predicted molar refractivity (Wildman–Crippen MR) is 165 cm³/mol. The molecule has 1 fully saturated rings. The molecule has 0 bridgehead atoms. The average Bonchev–Trinajstić information content (AvgIpc) is 3.77. The Hall–Kier alpha value is -4.58. The van der Waals surface area contributed by atoms with E-state index < -0.39 is 0 Å². The summed E-state index contributed by atoms with van der Waals surface area (Å²) in [5.74, 6) is 0.363. The van der Waals surface area contributed by atoms with Crippen molar-refractivity contribution >= 4 is 56.6 Å². The fraction of sp³-hybridized carbons (Fsp3) is 0.133. The first-order chi connectivity index (χ1) is 20.2. The first kappa shape index (κ1) is 25.4. The van der Waals surface area contributed by atoms with Gasteiger partial charge >= 0.3 is 0 Å². The zero-order chi connectivity index (χ0) is 27.6. The van der Waals surface area contributed by atoms with Gasteiger partial charge in [0.1, 0.15) is 5.69 Å². The van der Waals surface area contributed by atoms with Gasteiger partial charge in [-0.2, -0.15) is 0 Å². The van der Waals surface area contributed by atoms with Gasteiger partial charge in [-0.3, -0.25) is 9.20 Å². The van der Waals surface area contributed by atoms with Crippen molar-refractivity contribution < 1.29 is 9.53 Å². The van der Waals surface area contributed by atoms with Crippen molar-refractivity contribution in [3.8, 4) is 22.6 Å². The van der Waals surface area contributed by atoms with Gasteiger partial charge in [-0.1, -0.05) is 18.2 Å². The van der Waals surface area contributed by atoms with Crippen molar-refractivity contribution in [3.05, 3.63) is 94.8 Å². The lowest BCUT2D eigenvalue weighted by molar-refractivity contribution is 0.103. The predicted octanol–water partition coefficient (Wildman–Crippen LogP) is 6.41. The van der Waals surface area contributed by atoms with Gasteiger partial charge in [0.25, 0.3) is 5.91 Å². The standard InChI is InChI=1S/C30H25N7O2S2/c38-28(25-5-2-17-40-25)32-22-4-1-3-20(19-22)26-27(37-14-18-41-30(37)35-26)24-10-11-31-29(34-24)33-21-6-8-23(9-7-21)36-12-15-39-16-13-36/h1-11,14,17-19H,12-13,15-16H2,(H,32,38)(H,31,33,34). The third-order valence-corrected chi connectivity index (χ3v) is 8.42. The van der Waals surface area contributed by atoms with Crippen LogP contribution in [0.3, 0.4) is 0 Å². The Morgan fingerprint density at radius 3 is 2.61 bits per heavy atom. The molecule has 1 aliphatic heterocycles. The van der Waals surface area contributed by atoms with E-state index in [-0.39, 0.29) is 5.91 Å². The molecular weight excluding hydrogens is 555 g/mol. The molecular formula is C30H25N7O2S2. The van der Waals surface area contributed by atoms with E-state index >= 15 is 0 Å². The third-order valence-electron chi connectivity index (χ3n) is 6.80. The molecule has 1 amide bonds. The molecule has 0 saturated carbocycles. The van der Waals surface area contributed by atoms with E-state index in [2.05, 4.69) is 32.7 Å². The van der Waals surface area contributed by atoms with Gasteiger partial charge in [0.15, 0.2) is 4.96 Å². The number of ether oxygens (including phenoxy) is 1. The quantitative estimate of drug-likeness (QED) is 0.225. The smallest absolute Gasteiger partial charge is 0.265 e. The monoisotopic (exact) mass is 579 g/mol. The van der Waals surface area contributed by atoms with Crippen molar-refractivity contribution in [3.63, 3.8) is 0 Å². The zero-order valence-electron chi connectivity index (χ0n) is 21.9. The van der Waals surface area contributed by atoms with E-state index in [9.17, 15) is 4.79 Å². The van der Waals surface area contributed by atoms with Gasteiger partial charge < -0.3 is 20.3 Å². The van der Waals surface area contributed by atoms with Gasteiger partial charge in [-0.05, 0) is 53.9 Å². The summed E-state index contributed by atoms with van der Waals surface area (Å²) in [6.45, 7) is 3.30. The molecule has 2 aromatic carbocycles. The molecule has 0 aliphatic carbocycles. The summed E-state index contributed by atoms with van der Waals surface area (Å²) in [4.78, 5) is 30.8. The van der Waals surface area contributed by atoms with Crippen LogP contribution in [0.25, 0.3) is 27.6 Å². The number of aromatic nitrogens is 4. The molecule has 11 heteroatoms. The summed E-state index contributed by atoms with van der Waals surface area (Å²) in [7, 11) is 0. The molecule has 41 heavy (non-hydrogen) atoms. The Kier molecular flexibility index (Phi) is 6.89. The van der Waals surface area contributed by atoms with Crippen LogP contribution >= 0.6 is 22.7 Å². The summed E-state index contributed by atoms with van der Waals surface area (Å²) >= 11 is 2.97. The largest absolute Gasteiger partial charge is 0.378 e. The normalized spacial score (nSPS) is 13.4. The maximum Gasteiger partial charge on any atom is 0.265 e. The van der Waals surface area contributed by atoms with E-state index in [1.807, 2.05) is 76.0 Å². The van der Waals surface area contributed by atoms with Gasteiger partial charge in [0.05, 0.1) is 29.5 Å². The Bertz CT molecular complexity index is 1810. The number of hydrogen-bond donors (Lipinski definition) is 2. The molecule has 7 rings (SSSR count). The van der Waals surface area contributed by atoms with Crippen LogP contribution in [0.5, 0.6) is 0 Å². The highest BCUT2D eigenvalue weighted by Gasteiger charge is 2.19. The molecule has 0 radical (unpaired) electrons. The number of carbonyl (C=O) groups is 1. The second-order valence-corrected chi connectivity index (χ2v) is 11.2. The van der Waals surface area contributed by atoms with Gasteiger partial charge in [-0.25, -0.2) is 15.0 Å². The fourth-order valence-corrected chi connectivity index (χ4v) is 6.17. The highest BCUT2D eigenvalue weighted by molar-refractivity contribution is 7.15. The van der Waals surface area contributed by atoms with Crippen LogP contribution in [-0.2, 0) is 4.74 Å². The van der Waals surface area contributed by atoms with Crippen LogP contribution in [0.1, 0.15) is 9.67 Å². The van der Waals surface area contributed by atoms with E-state index in [4.69, 9.17) is 14.7 Å². The second kappa shape index (κ2) is 11.1. The Morgan fingerprint density at radius 2 is 1.78 bits per heavy atom. The molecule has 1 saturated heterocycles. The Balaban J connectivity index is 1.18. The fourth-order valence-electron chi connectivity index (χ4n) is 4.83. The van der Waals surface area contributed by atoms with Crippen molar-refractivity contribution in [2.24, 2.45) is 0 Å². The van der Waals surface area contributed by atoms with Crippen molar-refractivity contribution in [1.29, 1.82) is 0 Å². The number of carbonyl (C=O) groups excluding carboxylic acids is 1. The first-order valence-corrected chi connectivity index (χ1v) is 14.9. The number of thiazole rings is 1. The minimum absolute atomic E-state index is 0.132. The Labute approximate surface area is 244 Å². The number of anilines is 4. The highest BCUT2D eigenvalue weighted by atomic mass is 32.1. The molecule has 9 nitrogen and oxygen atoms in total. The number of morpholine rings is 1. The molecule has 5 heterocycles. The van der Waals surface area contributed by atoms with Crippen molar-refractivity contribution in [2.45, 2.75) is 0 Å². The molecule has 204 valence electrons. The van der Waals surface area contributed by atoms with Crippen LogP contribution in [0.15, 0.2) is 89.9 Å². The minimum Gasteiger partial charge on any atom is -0.378 e. The number of nitrogens with zero attached hydrogens (tertiary/aromatic N) is 5. The number of rotatable bonds is 7. The lowest BCUT2D eigenvalue weighted by atomic mass is 10.1. The van der Waals surface area contributed by atoms with Crippen LogP contribution in [0.2, 0.25) is 0 Å². The average molecular weight is 580 g/mol. The molecule has 0 spiro atoms. The van der Waals surface area contributed by atoms with Crippen LogP contribution in [0, 0.1) is 0 Å². The maximum absolute atomic E-state index is 12.6. The lowest BCUT2D eigenvalue weighted by Crippen LogP contribution is -2.36. The van der Waals surface area contributed by atoms with Crippen LogP contribution in [-0.4, -0.2) is 51.6 Å². The summed E-state index contributed by atoms with van der Waals surface area (Å²) in [6.07, 6.45) is 3.74. The number of thiophene rings is 1. The summed E-state index contributed by atoms with van der Waals surface area (Å²) in [5.41, 5.74) is 6.04. The second-order valence-electron chi connectivity index (χ2n) is 9.41. The molecule has 0 unspecified atom stereocenters. The topological polar surface area (TPSA) is 96.7 Å². The Morgan fingerprint density at radius 1 is 0.902 bits per heavy atom. The molecule has 0 atom stereocenters. The SMILES string of the molecule is O=C(Nc1cccc(-c2nc3sccn3c2-c2ccnc(Nc3ccc(N4CCOCC4)cc3)n2)c1)c1cccs1. The molecule has 4 aromatic heterocycles. The van der Waals surface area contributed by atoms with Crippen LogP contribution < -0.4 is 15.5 Å². The summed E-state index contributed by atoms with van der Waals surface area (Å²) < 4.78 is 7.51. The number of fused-ring (bicyclic) bond motifs is 1. The van der Waals surface area contributed by atoms with Gasteiger partial charge in [-0.15, -0.1) is 22.7 Å². The summed E-state index contributed by atoms with van der Waals surface area (Å²) in [6, 6.07) is 21.6.